The van der Waals surface area contributed by atoms with Crippen LogP contribution in [0.3, 0.4) is 0 Å². The molecular formula is C50H40N2O2. The first kappa shape index (κ1) is 33.3. The van der Waals surface area contributed by atoms with Crippen LogP contribution in [0.2, 0.25) is 0 Å². The molecule has 2 aliphatic heterocycles. The molecule has 0 saturated carbocycles. The highest BCUT2D eigenvalue weighted by atomic mass is 16.1. The summed E-state index contributed by atoms with van der Waals surface area (Å²) in [5.74, 6) is -0.288. The van der Waals surface area contributed by atoms with E-state index in [9.17, 15) is 9.59 Å². The van der Waals surface area contributed by atoms with E-state index < -0.39 is 0 Å². The molecule has 0 amide bonds. The first-order valence-corrected chi connectivity index (χ1v) is 18.5. The number of carbonyl (C=O) groups excluding carboxylic acids is 2. The minimum absolute atomic E-state index is 0.144. The predicted octanol–water partition coefficient (Wildman–Crippen LogP) is 12.4. The Bertz CT molecular complexity index is 2360. The molecule has 262 valence electrons. The van der Waals surface area contributed by atoms with Gasteiger partial charge in [-0.25, -0.2) is 0 Å². The Morgan fingerprint density at radius 3 is 0.963 bits per heavy atom. The van der Waals surface area contributed by atoms with Crippen molar-refractivity contribution >= 4 is 45.7 Å². The molecule has 7 aromatic carbocycles. The van der Waals surface area contributed by atoms with Gasteiger partial charge in [-0.3, -0.25) is 9.59 Å². The van der Waals surface area contributed by atoms with Crippen molar-refractivity contribution < 1.29 is 9.59 Å². The molecule has 2 heterocycles. The lowest BCUT2D eigenvalue weighted by Crippen LogP contribution is -2.31. The van der Waals surface area contributed by atoms with Crippen LogP contribution in [0.5, 0.6) is 0 Å². The minimum atomic E-state index is -0.220. The Kier molecular flexibility index (Phi) is 7.75. The van der Waals surface area contributed by atoms with Gasteiger partial charge < -0.3 is 9.80 Å². The second-order valence-corrected chi connectivity index (χ2v) is 15.3. The molecule has 0 aliphatic carbocycles. The predicted molar refractivity (Wildman–Crippen MR) is 220 cm³/mol. The lowest BCUT2D eigenvalue weighted by atomic mass is 9.73. The van der Waals surface area contributed by atoms with Gasteiger partial charge in [-0.2, -0.15) is 0 Å². The summed E-state index contributed by atoms with van der Waals surface area (Å²) < 4.78 is 0. The molecule has 0 radical (unpaired) electrons. The van der Waals surface area contributed by atoms with E-state index >= 15 is 0 Å². The molecule has 0 unspecified atom stereocenters. The fraction of sp³-hybridized carbons (Fsp3) is 0.120. The molecule has 0 spiro atoms. The summed E-state index contributed by atoms with van der Waals surface area (Å²) in [5, 5.41) is 0. The summed E-state index contributed by atoms with van der Waals surface area (Å²) in [6, 6.07) is 56.5. The summed E-state index contributed by atoms with van der Waals surface area (Å²) in [4.78, 5) is 33.8. The second-order valence-electron chi connectivity index (χ2n) is 15.3. The van der Waals surface area contributed by atoms with E-state index in [2.05, 4.69) is 135 Å². The zero-order chi connectivity index (χ0) is 37.2. The van der Waals surface area contributed by atoms with E-state index in [-0.39, 0.29) is 22.4 Å². The van der Waals surface area contributed by atoms with Crippen molar-refractivity contribution in [1.82, 2.24) is 0 Å². The number of hydrogen-bond acceptors (Lipinski definition) is 4. The molecule has 9 rings (SSSR count). The Hall–Kier alpha value is -6.52. The molecular weight excluding hydrogens is 661 g/mol. The molecule has 4 nitrogen and oxygen atoms in total. The number of hydrogen-bond donors (Lipinski definition) is 0. The van der Waals surface area contributed by atoms with Crippen molar-refractivity contribution in [2.75, 3.05) is 9.80 Å². The van der Waals surface area contributed by atoms with Crippen LogP contribution >= 0.6 is 0 Å². The van der Waals surface area contributed by atoms with Crippen LogP contribution in [0, 0.1) is 0 Å². The largest absolute Gasteiger partial charge is 0.309 e. The third-order valence-corrected chi connectivity index (χ3v) is 11.4. The van der Waals surface area contributed by atoms with E-state index in [0.29, 0.717) is 22.3 Å². The van der Waals surface area contributed by atoms with Crippen molar-refractivity contribution in [3.05, 3.63) is 214 Å². The normalized spacial score (nSPS) is 14.7. The fourth-order valence-electron chi connectivity index (χ4n) is 8.69. The monoisotopic (exact) mass is 700 g/mol. The Balaban J connectivity index is 1.12. The van der Waals surface area contributed by atoms with Crippen LogP contribution in [0.15, 0.2) is 170 Å². The molecule has 0 fully saturated rings. The summed E-state index contributed by atoms with van der Waals surface area (Å²) in [6.45, 7) is 9.01. The molecule has 2 aliphatic rings. The van der Waals surface area contributed by atoms with Crippen LogP contribution in [-0.2, 0) is 10.8 Å². The summed E-state index contributed by atoms with van der Waals surface area (Å²) >= 11 is 0. The molecule has 0 saturated heterocycles. The SMILES string of the molecule is CC1(C)c2ccccc2N(c2ccccc2C(=O)c2cccc(C(=O)c3ccccc3N3c4ccccc4C(C)(C)c4ccccc43)c2)c2ccccc21. The highest BCUT2D eigenvalue weighted by Crippen LogP contribution is 2.54. The lowest BCUT2D eigenvalue weighted by Gasteiger charge is -2.42. The zero-order valence-electron chi connectivity index (χ0n) is 30.9. The molecule has 0 N–H and O–H groups in total. The van der Waals surface area contributed by atoms with E-state index in [1.54, 1.807) is 6.07 Å². The zero-order valence-corrected chi connectivity index (χ0v) is 30.9. The molecule has 0 atom stereocenters. The maximum atomic E-state index is 14.7. The lowest BCUT2D eigenvalue weighted by molar-refractivity contribution is 0.103. The van der Waals surface area contributed by atoms with Gasteiger partial charge in [0.25, 0.3) is 0 Å². The summed E-state index contributed by atoms with van der Waals surface area (Å²) in [6.07, 6.45) is 0. The van der Waals surface area contributed by atoms with Gasteiger partial charge in [0, 0.05) is 33.1 Å². The standard InChI is InChI=1S/C50H40N2O2/c1-49(2)37-22-7-13-28-43(37)51(44-29-14-8-23-38(44)49)41-26-11-5-20-35(41)47(53)33-18-17-19-34(32-33)48(54)36-21-6-12-27-42(36)52-45-30-15-9-24-39(45)50(3,4)40-25-10-16-31-46(40)52/h5-32H,1-4H3. The van der Waals surface area contributed by atoms with Gasteiger partial charge in [-0.15, -0.1) is 0 Å². The van der Waals surface area contributed by atoms with Crippen molar-refractivity contribution in [2.45, 2.75) is 38.5 Å². The molecule has 7 aromatic rings. The summed E-state index contributed by atoms with van der Waals surface area (Å²) in [5.41, 5.74) is 12.2. The Labute approximate surface area is 317 Å². The topological polar surface area (TPSA) is 40.6 Å². The minimum Gasteiger partial charge on any atom is -0.309 e. The van der Waals surface area contributed by atoms with Gasteiger partial charge in [0.15, 0.2) is 11.6 Å². The Morgan fingerprint density at radius 1 is 0.352 bits per heavy atom. The van der Waals surface area contributed by atoms with Crippen LogP contribution in [0.4, 0.5) is 34.1 Å². The molecule has 54 heavy (non-hydrogen) atoms. The van der Waals surface area contributed by atoms with Crippen LogP contribution in [0.1, 0.15) is 81.8 Å². The van der Waals surface area contributed by atoms with Gasteiger partial charge in [-0.1, -0.05) is 143 Å². The van der Waals surface area contributed by atoms with Crippen LogP contribution in [-0.4, -0.2) is 11.6 Å². The van der Waals surface area contributed by atoms with Gasteiger partial charge in [0.2, 0.25) is 0 Å². The maximum Gasteiger partial charge on any atom is 0.195 e. The van der Waals surface area contributed by atoms with Crippen molar-refractivity contribution in [3.63, 3.8) is 0 Å². The van der Waals surface area contributed by atoms with Crippen LogP contribution < -0.4 is 9.80 Å². The van der Waals surface area contributed by atoms with Gasteiger partial charge >= 0.3 is 0 Å². The first-order chi connectivity index (χ1) is 26.2. The number of carbonyl (C=O) groups is 2. The average Bonchev–Trinajstić information content (AvgIpc) is 3.21. The third kappa shape index (κ3) is 5.05. The molecule has 0 bridgehead atoms. The average molecular weight is 701 g/mol. The van der Waals surface area contributed by atoms with E-state index in [1.165, 1.54) is 22.3 Å². The number of fused-ring (bicyclic) bond motifs is 4. The van der Waals surface area contributed by atoms with Crippen LogP contribution in [0.25, 0.3) is 0 Å². The third-order valence-electron chi connectivity index (χ3n) is 11.4. The smallest absolute Gasteiger partial charge is 0.195 e. The highest BCUT2D eigenvalue weighted by molar-refractivity contribution is 6.17. The number of benzene rings is 7. The van der Waals surface area contributed by atoms with E-state index in [1.807, 2.05) is 66.7 Å². The number of nitrogens with zero attached hydrogens (tertiary/aromatic N) is 2. The number of rotatable bonds is 6. The van der Waals surface area contributed by atoms with Gasteiger partial charge in [0.1, 0.15) is 0 Å². The van der Waals surface area contributed by atoms with E-state index in [0.717, 1.165) is 34.1 Å². The number of anilines is 6. The maximum absolute atomic E-state index is 14.7. The highest BCUT2D eigenvalue weighted by Gasteiger charge is 2.39. The number of para-hydroxylation sites is 6. The quantitative estimate of drug-likeness (QED) is 0.162. The summed E-state index contributed by atoms with van der Waals surface area (Å²) in [7, 11) is 0. The van der Waals surface area contributed by atoms with Crippen molar-refractivity contribution in [1.29, 1.82) is 0 Å². The van der Waals surface area contributed by atoms with Gasteiger partial charge in [-0.05, 0) is 76.9 Å². The van der Waals surface area contributed by atoms with Gasteiger partial charge in [0.05, 0.1) is 34.1 Å². The number of ketones is 2. The van der Waals surface area contributed by atoms with Crippen molar-refractivity contribution in [3.8, 4) is 0 Å². The fourth-order valence-corrected chi connectivity index (χ4v) is 8.69. The first-order valence-electron chi connectivity index (χ1n) is 18.5. The molecule has 0 aromatic heterocycles. The second kappa shape index (κ2) is 12.6. The van der Waals surface area contributed by atoms with Crippen molar-refractivity contribution in [2.24, 2.45) is 0 Å². The van der Waals surface area contributed by atoms with E-state index in [4.69, 9.17) is 0 Å². The molecule has 4 heteroatoms. The Morgan fingerprint density at radius 2 is 0.630 bits per heavy atom.